The lowest BCUT2D eigenvalue weighted by Crippen LogP contribution is -2.40. The predicted octanol–water partition coefficient (Wildman–Crippen LogP) is 0.244. The maximum atomic E-state index is 12.2. The number of carbonyl (C=O) groups is 2. The van der Waals surface area contributed by atoms with E-state index in [0.29, 0.717) is 0 Å². The third kappa shape index (κ3) is 3.69. The Labute approximate surface area is 116 Å². The Morgan fingerprint density at radius 2 is 2.05 bits per heavy atom. The van der Waals surface area contributed by atoms with Crippen molar-refractivity contribution in [3.05, 3.63) is 0 Å². The summed E-state index contributed by atoms with van der Waals surface area (Å²) in [4.78, 5) is 28.9. The van der Waals surface area contributed by atoms with E-state index in [4.69, 9.17) is 16.9 Å². The smallest absolute Gasteiger partial charge is 0.243 e. The van der Waals surface area contributed by atoms with Crippen LogP contribution in [0.1, 0.15) is 33.1 Å². The maximum Gasteiger partial charge on any atom is 0.243 e. The minimum atomic E-state index is -0.594. The van der Waals surface area contributed by atoms with Crippen molar-refractivity contribution in [2.24, 2.45) is 16.5 Å². The van der Waals surface area contributed by atoms with Crippen molar-refractivity contribution in [1.29, 1.82) is 5.41 Å². The molecule has 0 aromatic rings. The largest absolute Gasteiger partial charge is 0.370 e. The predicted molar refractivity (Wildman–Crippen MR) is 75.8 cm³/mol. The molecule has 1 saturated heterocycles. The number of nitrogens with one attached hydrogen (secondary N) is 1. The summed E-state index contributed by atoms with van der Waals surface area (Å²) in [6.45, 7) is 3.88. The third-order valence-electron chi connectivity index (χ3n) is 2.93. The van der Waals surface area contributed by atoms with E-state index in [2.05, 4.69) is 4.99 Å². The van der Waals surface area contributed by atoms with Crippen LogP contribution in [0.5, 0.6) is 0 Å². The Morgan fingerprint density at radius 3 is 2.53 bits per heavy atom. The van der Waals surface area contributed by atoms with Gasteiger partial charge >= 0.3 is 0 Å². The van der Waals surface area contributed by atoms with Gasteiger partial charge in [0, 0.05) is 12.5 Å². The first kappa shape index (κ1) is 15.5. The van der Waals surface area contributed by atoms with E-state index in [-0.39, 0.29) is 35.4 Å². The number of guanidine groups is 1. The summed E-state index contributed by atoms with van der Waals surface area (Å²) in [7, 11) is 0. The van der Waals surface area contributed by atoms with E-state index in [1.807, 2.05) is 13.8 Å². The van der Waals surface area contributed by atoms with E-state index in [1.54, 1.807) is 0 Å². The van der Waals surface area contributed by atoms with Gasteiger partial charge < -0.3 is 11.5 Å². The molecule has 1 atom stereocenters. The Balaban J connectivity index is 2.76. The number of nitrogens with two attached hydrogens (primary N) is 2. The van der Waals surface area contributed by atoms with Crippen molar-refractivity contribution < 1.29 is 9.59 Å². The average molecular weight is 285 g/mol. The van der Waals surface area contributed by atoms with E-state index < -0.39 is 5.25 Å². The van der Waals surface area contributed by atoms with E-state index >= 15 is 0 Å². The average Bonchev–Trinajstić information content (AvgIpc) is 2.57. The van der Waals surface area contributed by atoms with Crippen molar-refractivity contribution >= 4 is 34.7 Å². The second-order valence-corrected chi connectivity index (χ2v) is 5.42. The number of thioether (sulfide) groups is 1. The zero-order valence-electron chi connectivity index (χ0n) is 11.0. The fraction of sp³-hybridized carbons (Fsp3) is 0.636. The van der Waals surface area contributed by atoms with Crippen LogP contribution in [0.25, 0.3) is 0 Å². The van der Waals surface area contributed by atoms with E-state index in [1.165, 1.54) is 4.90 Å². The summed E-state index contributed by atoms with van der Waals surface area (Å²) in [6.07, 6.45) is 1.57. The number of amidine groups is 1. The zero-order chi connectivity index (χ0) is 14.6. The molecule has 0 saturated carbocycles. The van der Waals surface area contributed by atoms with Crippen LogP contribution in [-0.2, 0) is 9.59 Å². The van der Waals surface area contributed by atoms with Gasteiger partial charge in [-0.05, 0) is 12.8 Å². The molecule has 1 aliphatic rings. The first-order valence-electron chi connectivity index (χ1n) is 6.11. The van der Waals surface area contributed by atoms with Crippen LogP contribution in [0.3, 0.4) is 0 Å². The highest BCUT2D eigenvalue weighted by atomic mass is 32.2. The van der Waals surface area contributed by atoms with Gasteiger partial charge in [0.1, 0.15) is 5.25 Å². The third-order valence-corrected chi connectivity index (χ3v) is 3.90. The molecule has 5 N–H and O–H groups in total. The molecule has 2 amide bonds. The molecule has 1 fully saturated rings. The number of rotatable bonds is 4. The van der Waals surface area contributed by atoms with Gasteiger partial charge in [-0.1, -0.05) is 25.6 Å². The van der Waals surface area contributed by atoms with Gasteiger partial charge in [0.2, 0.25) is 11.8 Å². The normalized spacial score (nSPS) is 19.1. The molecule has 0 aliphatic carbocycles. The summed E-state index contributed by atoms with van der Waals surface area (Å²) in [5, 5.41) is 6.79. The molecule has 0 bridgehead atoms. The second-order valence-electron chi connectivity index (χ2n) is 4.22. The lowest BCUT2D eigenvalue weighted by Gasteiger charge is -2.24. The molecule has 1 unspecified atom stereocenters. The fourth-order valence-electron chi connectivity index (χ4n) is 2.03. The number of aliphatic imine (C=N–C) groups is 1. The van der Waals surface area contributed by atoms with Crippen molar-refractivity contribution in [2.45, 2.75) is 44.4 Å². The Hall–Kier alpha value is -1.57. The molecular weight excluding hydrogens is 266 g/mol. The molecular formula is C11H19N5O2S. The van der Waals surface area contributed by atoms with Gasteiger partial charge in [-0.25, -0.2) is 0 Å². The van der Waals surface area contributed by atoms with Gasteiger partial charge in [0.05, 0.1) is 0 Å². The second kappa shape index (κ2) is 6.55. The number of amides is 2. The number of likely N-dealkylation sites (tertiary alicyclic amines) is 1. The highest BCUT2D eigenvalue weighted by molar-refractivity contribution is 8.14. The van der Waals surface area contributed by atoms with Crippen LogP contribution < -0.4 is 11.5 Å². The number of hydrogen-bond donors (Lipinski definition) is 3. The fourth-order valence-corrected chi connectivity index (χ4v) is 2.90. The SMILES string of the molecule is CCC(CC)N1C(=O)CC(SC(=N)N=C(N)N)C1=O. The van der Waals surface area contributed by atoms with Crippen LogP contribution in [0.2, 0.25) is 0 Å². The molecule has 0 radical (unpaired) electrons. The first-order valence-corrected chi connectivity index (χ1v) is 6.99. The van der Waals surface area contributed by atoms with Crippen LogP contribution in [0.4, 0.5) is 0 Å². The van der Waals surface area contributed by atoms with Gasteiger partial charge in [0.15, 0.2) is 11.1 Å². The van der Waals surface area contributed by atoms with Crippen LogP contribution in [-0.4, -0.2) is 39.1 Å². The van der Waals surface area contributed by atoms with Gasteiger partial charge in [-0.2, -0.15) is 4.99 Å². The van der Waals surface area contributed by atoms with Crippen LogP contribution in [0, 0.1) is 5.41 Å². The molecule has 1 aliphatic heterocycles. The van der Waals surface area contributed by atoms with E-state index in [9.17, 15) is 9.59 Å². The standard InChI is InChI=1S/C11H19N5O2S/c1-3-6(4-2)16-8(17)5-7(9(16)18)19-11(14)15-10(12)13/h6-7H,3-5H2,1-2H3,(H5,12,13,14,15). The number of hydrogen-bond acceptors (Lipinski definition) is 4. The summed E-state index contributed by atoms with van der Waals surface area (Å²) in [5.41, 5.74) is 10.3. The topological polar surface area (TPSA) is 126 Å². The summed E-state index contributed by atoms with van der Waals surface area (Å²) < 4.78 is 0. The molecule has 1 heterocycles. The molecule has 0 spiro atoms. The minimum absolute atomic E-state index is 0.0668. The van der Waals surface area contributed by atoms with Crippen LogP contribution in [0.15, 0.2) is 4.99 Å². The Morgan fingerprint density at radius 1 is 1.47 bits per heavy atom. The molecule has 7 nitrogen and oxygen atoms in total. The highest BCUT2D eigenvalue weighted by Crippen LogP contribution is 2.29. The highest BCUT2D eigenvalue weighted by Gasteiger charge is 2.42. The maximum absolute atomic E-state index is 12.2. The Kier molecular flexibility index (Phi) is 5.34. The lowest BCUT2D eigenvalue weighted by molar-refractivity contribution is -0.141. The Bertz CT molecular complexity index is 415. The molecule has 106 valence electrons. The van der Waals surface area contributed by atoms with Crippen LogP contribution >= 0.6 is 11.8 Å². The molecule has 19 heavy (non-hydrogen) atoms. The monoisotopic (exact) mass is 285 g/mol. The number of nitrogens with zero attached hydrogens (tertiary/aromatic N) is 2. The number of carbonyl (C=O) groups excluding carboxylic acids is 2. The van der Waals surface area contributed by atoms with E-state index in [0.717, 1.165) is 24.6 Å². The zero-order valence-corrected chi connectivity index (χ0v) is 11.9. The minimum Gasteiger partial charge on any atom is -0.370 e. The summed E-state index contributed by atoms with van der Waals surface area (Å²) in [6, 6.07) is -0.0668. The van der Waals surface area contributed by atoms with Crippen molar-refractivity contribution in [2.75, 3.05) is 0 Å². The molecule has 0 aromatic heterocycles. The van der Waals surface area contributed by atoms with Crippen molar-refractivity contribution in [3.8, 4) is 0 Å². The van der Waals surface area contributed by atoms with Gasteiger partial charge in [-0.3, -0.25) is 19.9 Å². The molecule has 8 heteroatoms. The molecule has 0 aromatic carbocycles. The quantitative estimate of drug-likeness (QED) is 0.387. The van der Waals surface area contributed by atoms with Gasteiger partial charge in [0.25, 0.3) is 0 Å². The summed E-state index contributed by atoms with van der Waals surface area (Å²) >= 11 is 0.913. The number of imide groups is 1. The first-order chi connectivity index (χ1) is 8.90. The molecule has 1 rings (SSSR count). The van der Waals surface area contributed by atoms with Gasteiger partial charge in [-0.15, -0.1) is 0 Å². The van der Waals surface area contributed by atoms with Crippen molar-refractivity contribution in [3.63, 3.8) is 0 Å². The van der Waals surface area contributed by atoms with Crippen molar-refractivity contribution in [1.82, 2.24) is 4.90 Å². The summed E-state index contributed by atoms with van der Waals surface area (Å²) in [5.74, 6) is -0.668. The lowest BCUT2D eigenvalue weighted by atomic mass is 10.1.